The second-order valence-corrected chi connectivity index (χ2v) is 6.88. The Labute approximate surface area is 137 Å². The maximum absolute atomic E-state index is 12.8. The highest BCUT2D eigenvalue weighted by Crippen LogP contribution is 2.36. The van der Waals surface area contributed by atoms with Crippen molar-refractivity contribution >= 4 is 35.1 Å². The summed E-state index contributed by atoms with van der Waals surface area (Å²) in [4.78, 5) is 29.5. The minimum Gasteiger partial charge on any atom is -0.429 e. The van der Waals surface area contributed by atoms with Gasteiger partial charge in [-0.1, -0.05) is 0 Å². The van der Waals surface area contributed by atoms with Crippen molar-refractivity contribution in [2.24, 2.45) is 5.41 Å². The molecule has 4 rings (SSSR count). The number of aromatic amines is 1. The summed E-state index contributed by atoms with van der Waals surface area (Å²) in [6.45, 7) is 2.02. The quantitative estimate of drug-likeness (QED) is 0.786. The van der Waals surface area contributed by atoms with Crippen LogP contribution in [0.3, 0.4) is 0 Å². The summed E-state index contributed by atoms with van der Waals surface area (Å²) in [5.41, 5.74) is 1.86. The Morgan fingerprint density at radius 3 is 3.04 bits per heavy atom. The largest absolute Gasteiger partial charge is 0.429 e. The van der Waals surface area contributed by atoms with Gasteiger partial charge in [-0.3, -0.25) is 9.59 Å². The number of nitrogens with one attached hydrogen (secondary N) is 2. The molecule has 0 radical (unpaired) electrons. The maximum Gasteiger partial charge on any atom is 0.266 e. The summed E-state index contributed by atoms with van der Waals surface area (Å²) in [5.74, 6) is 0.0671. The smallest absolute Gasteiger partial charge is 0.266 e. The molecule has 120 valence electrons. The highest BCUT2D eigenvalue weighted by Gasteiger charge is 2.42. The number of amides is 2. The van der Waals surface area contributed by atoms with E-state index in [9.17, 15) is 9.59 Å². The lowest BCUT2D eigenvalue weighted by Crippen LogP contribution is -2.47. The second-order valence-electron chi connectivity index (χ2n) is 6.51. The van der Waals surface area contributed by atoms with E-state index in [1.165, 1.54) is 0 Å². The zero-order chi connectivity index (χ0) is 16.0. The van der Waals surface area contributed by atoms with Gasteiger partial charge in [-0.15, -0.1) is 0 Å². The van der Waals surface area contributed by atoms with Gasteiger partial charge in [0.05, 0.1) is 5.52 Å². The van der Waals surface area contributed by atoms with Crippen LogP contribution in [0.1, 0.15) is 29.6 Å². The number of hydrogen-bond donors (Lipinski definition) is 2. The first-order valence-corrected chi connectivity index (χ1v) is 8.14. The summed E-state index contributed by atoms with van der Waals surface area (Å²) in [6, 6.07) is 5.32. The molecular formula is C16H17N3O3S. The van der Waals surface area contributed by atoms with E-state index in [1.54, 1.807) is 12.1 Å². The number of nitrogens with zero attached hydrogens (tertiary/aromatic N) is 1. The van der Waals surface area contributed by atoms with Crippen LogP contribution < -0.4 is 5.32 Å². The summed E-state index contributed by atoms with van der Waals surface area (Å²) in [5, 5.41) is 2.90. The minimum atomic E-state index is -0.0959. The third-order valence-electron chi connectivity index (χ3n) is 4.81. The Bertz CT molecular complexity index is 856. The number of rotatable bonds is 1. The Hall–Kier alpha value is -2.15. The standard InChI is InChI=1S/C16H17N3O3S/c20-13-7-16(8-17-13)4-1-5-19(9-16)14(21)10-2-3-11-12(6-10)22-15(23)18-11/h2-3,6H,1,4-5,7-9H2,(H,17,20)(H,18,23)/t16-/m0/s1. The van der Waals surface area contributed by atoms with E-state index in [0.29, 0.717) is 35.5 Å². The van der Waals surface area contributed by atoms with E-state index in [2.05, 4.69) is 10.3 Å². The van der Waals surface area contributed by atoms with Crippen molar-refractivity contribution in [1.82, 2.24) is 15.2 Å². The predicted molar refractivity (Wildman–Crippen MR) is 86.6 cm³/mol. The number of carbonyl (C=O) groups is 2. The third-order valence-corrected chi connectivity index (χ3v) is 5.00. The molecule has 0 unspecified atom stereocenters. The highest BCUT2D eigenvalue weighted by atomic mass is 32.1. The Morgan fingerprint density at radius 2 is 2.26 bits per heavy atom. The molecule has 1 aromatic heterocycles. The summed E-state index contributed by atoms with van der Waals surface area (Å²) >= 11 is 4.97. The molecule has 2 aliphatic rings. The molecule has 0 bridgehead atoms. The van der Waals surface area contributed by atoms with E-state index >= 15 is 0 Å². The van der Waals surface area contributed by atoms with Crippen molar-refractivity contribution in [2.45, 2.75) is 19.3 Å². The Morgan fingerprint density at radius 1 is 1.39 bits per heavy atom. The fourth-order valence-corrected chi connectivity index (χ4v) is 3.88. The lowest BCUT2D eigenvalue weighted by Gasteiger charge is -2.39. The topological polar surface area (TPSA) is 78.3 Å². The van der Waals surface area contributed by atoms with Crippen LogP contribution in [-0.2, 0) is 4.79 Å². The summed E-state index contributed by atoms with van der Waals surface area (Å²) in [6.07, 6.45) is 2.43. The first-order valence-electron chi connectivity index (χ1n) is 7.74. The van der Waals surface area contributed by atoms with E-state index in [1.807, 2.05) is 11.0 Å². The molecule has 6 nitrogen and oxygen atoms in total. The van der Waals surface area contributed by atoms with Crippen LogP contribution in [-0.4, -0.2) is 41.3 Å². The minimum absolute atomic E-state index is 0.0207. The van der Waals surface area contributed by atoms with Crippen LogP contribution in [0.25, 0.3) is 11.1 Å². The molecule has 2 aliphatic heterocycles. The van der Waals surface area contributed by atoms with Gasteiger partial charge >= 0.3 is 0 Å². The normalized spacial score (nSPS) is 24.3. The first kappa shape index (κ1) is 14.4. The van der Waals surface area contributed by atoms with Crippen molar-refractivity contribution in [3.63, 3.8) is 0 Å². The van der Waals surface area contributed by atoms with Crippen LogP contribution in [0.5, 0.6) is 0 Å². The monoisotopic (exact) mass is 331 g/mol. The fraction of sp³-hybridized carbons (Fsp3) is 0.438. The van der Waals surface area contributed by atoms with Crippen LogP contribution in [0, 0.1) is 10.3 Å². The van der Waals surface area contributed by atoms with E-state index in [-0.39, 0.29) is 17.2 Å². The van der Waals surface area contributed by atoms with Gasteiger partial charge in [0.2, 0.25) is 5.91 Å². The van der Waals surface area contributed by atoms with Crippen LogP contribution in [0.4, 0.5) is 0 Å². The molecule has 0 saturated carbocycles. The van der Waals surface area contributed by atoms with Crippen molar-refractivity contribution in [3.8, 4) is 0 Å². The number of aromatic nitrogens is 1. The Kier molecular flexibility index (Phi) is 3.26. The van der Waals surface area contributed by atoms with Gasteiger partial charge in [-0.2, -0.15) is 0 Å². The van der Waals surface area contributed by atoms with Crippen molar-refractivity contribution in [3.05, 3.63) is 28.6 Å². The maximum atomic E-state index is 12.8. The molecule has 1 aromatic carbocycles. The molecule has 2 N–H and O–H groups in total. The number of carbonyl (C=O) groups excluding carboxylic acids is 2. The average molecular weight is 331 g/mol. The number of benzene rings is 1. The first-order chi connectivity index (χ1) is 11.0. The number of fused-ring (bicyclic) bond motifs is 1. The SMILES string of the molecule is O=C1C[C@@]2(CCCN(C(=O)c3ccc4[nH]c(=S)oc4c3)C2)CN1. The van der Waals surface area contributed by atoms with Gasteiger partial charge in [0, 0.05) is 37.0 Å². The predicted octanol–water partition coefficient (Wildman–Crippen LogP) is 2.23. The molecule has 2 saturated heterocycles. The zero-order valence-electron chi connectivity index (χ0n) is 12.6. The summed E-state index contributed by atoms with van der Waals surface area (Å²) in [7, 11) is 0. The molecule has 2 amide bonds. The molecule has 7 heteroatoms. The van der Waals surface area contributed by atoms with Gasteiger partial charge < -0.3 is 19.6 Å². The molecule has 0 aliphatic carbocycles. The van der Waals surface area contributed by atoms with Gasteiger partial charge in [-0.25, -0.2) is 0 Å². The molecular weight excluding hydrogens is 314 g/mol. The van der Waals surface area contributed by atoms with E-state index < -0.39 is 0 Å². The summed E-state index contributed by atoms with van der Waals surface area (Å²) < 4.78 is 5.39. The van der Waals surface area contributed by atoms with Crippen molar-refractivity contribution < 1.29 is 14.0 Å². The second kappa shape index (κ2) is 5.19. The van der Waals surface area contributed by atoms with Gasteiger partial charge in [0.15, 0.2) is 5.58 Å². The van der Waals surface area contributed by atoms with Crippen LogP contribution >= 0.6 is 12.2 Å². The zero-order valence-corrected chi connectivity index (χ0v) is 13.4. The van der Waals surface area contributed by atoms with Crippen LogP contribution in [0.15, 0.2) is 22.6 Å². The van der Waals surface area contributed by atoms with Gasteiger partial charge in [0.1, 0.15) is 0 Å². The molecule has 2 aromatic rings. The Balaban J connectivity index is 1.59. The third kappa shape index (κ3) is 2.55. The highest BCUT2D eigenvalue weighted by molar-refractivity contribution is 7.71. The molecule has 2 fully saturated rings. The van der Waals surface area contributed by atoms with Crippen LogP contribution in [0.2, 0.25) is 0 Å². The van der Waals surface area contributed by atoms with Crippen molar-refractivity contribution in [2.75, 3.05) is 19.6 Å². The number of H-pyrrole nitrogens is 1. The number of oxazole rings is 1. The number of likely N-dealkylation sites (tertiary alicyclic amines) is 1. The molecule has 23 heavy (non-hydrogen) atoms. The van der Waals surface area contributed by atoms with Gasteiger partial charge in [0.25, 0.3) is 10.7 Å². The number of piperidine rings is 1. The lowest BCUT2D eigenvalue weighted by molar-refractivity contribution is -0.119. The average Bonchev–Trinajstić information content (AvgIpc) is 3.07. The van der Waals surface area contributed by atoms with Gasteiger partial charge in [-0.05, 0) is 43.3 Å². The molecule has 3 heterocycles. The molecule has 1 atom stereocenters. The number of hydrogen-bond acceptors (Lipinski definition) is 4. The van der Waals surface area contributed by atoms with E-state index in [0.717, 1.165) is 24.9 Å². The molecule has 1 spiro atoms. The lowest BCUT2D eigenvalue weighted by atomic mass is 9.79. The van der Waals surface area contributed by atoms with Crippen molar-refractivity contribution in [1.29, 1.82) is 0 Å². The fourth-order valence-electron chi connectivity index (χ4n) is 3.68. The van der Waals surface area contributed by atoms with E-state index in [4.69, 9.17) is 16.6 Å².